The molecular formula is C41H72N3O8P. The first-order valence-electron chi connectivity index (χ1n) is 20.7. The lowest BCUT2D eigenvalue weighted by molar-refractivity contribution is -0.179. The van der Waals surface area contributed by atoms with E-state index in [1.54, 1.807) is 26.0 Å². The van der Waals surface area contributed by atoms with Gasteiger partial charge in [0, 0.05) is 19.4 Å². The van der Waals surface area contributed by atoms with Crippen LogP contribution < -0.4 is 15.7 Å². The number of phosphoric ester groups is 1. The molecule has 0 aromatic heterocycles. The van der Waals surface area contributed by atoms with Crippen LogP contribution in [0.1, 0.15) is 180 Å². The fourth-order valence-electron chi connectivity index (χ4n) is 7.87. The topological polar surface area (TPSA) is 179 Å². The van der Waals surface area contributed by atoms with Crippen LogP contribution >= 0.6 is 7.82 Å². The van der Waals surface area contributed by atoms with Crippen molar-refractivity contribution in [2.75, 3.05) is 6.54 Å². The van der Waals surface area contributed by atoms with E-state index in [0.29, 0.717) is 24.4 Å². The van der Waals surface area contributed by atoms with E-state index in [2.05, 4.69) is 16.9 Å². The molecule has 1 aromatic carbocycles. The highest BCUT2D eigenvalue weighted by Crippen LogP contribution is 2.41. The molecule has 0 saturated heterocycles. The number of hydrogen-bond donors (Lipinski definition) is 5. The Morgan fingerprint density at radius 1 is 0.849 bits per heavy atom. The monoisotopic (exact) mass is 766 g/mol. The standard InChI is InChI=1S/C41H72N3O8P/c1-4-6-7-8-9-10-11-12-13-14-15-16-17-21-33-43-44(38(46)31-28-35-26-29-36(30-27-35)52-53(49,50)51)41(42,39(47)48)40(3,37(45)5-2)32-22-25-34-23-19-18-20-24-34/h26-27,29-30,34,43H,4-25,28,31-33,42H2,1-3H3,(H,47,48)(H2,49,50,51). The zero-order chi connectivity index (χ0) is 39.2. The molecule has 12 heteroatoms. The molecule has 53 heavy (non-hydrogen) atoms. The van der Waals surface area contributed by atoms with Gasteiger partial charge in [-0.25, -0.2) is 19.8 Å². The summed E-state index contributed by atoms with van der Waals surface area (Å²) >= 11 is 0. The summed E-state index contributed by atoms with van der Waals surface area (Å²) < 4.78 is 15.8. The number of amides is 1. The predicted octanol–water partition coefficient (Wildman–Crippen LogP) is 9.38. The van der Waals surface area contributed by atoms with Gasteiger partial charge in [-0.05, 0) is 49.8 Å². The molecule has 304 valence electrons. The van der Waals surface area contributed by atoms with E-state index >= 15 is 0 Å². The van der Waals surface area contributed by atoms with Crippen LogP contribution in [0.25, 0.3) is 0 Å². The van der Waals surface area contributed by atoms with Gasteiger partial charge in [0.25, 0.3) is 0 Å². The molecule has 1 aromatic rings. The minimum atomic E-state index is -4.72. The second-order valence-electron chi connectivity index (χ2n) is 15.5. The maximum atomic E-state index is 14.1. The van der Waals surface area contributed by atoms with Crippen molar-refractivity contribution < 1.29 is 38.4 Å². The van der Waals surface area contributed by atoms with Gasteiger partial charge in [0.2, 0.25) is 11.6 Å². The summed E-state index contributed by atoms with van der Waals surface area (Å²) in [5.41, 5.74) is 6.81. The molecule has 6 N–H and O–H groups in total. The molecule has 2 unspecified atom stereocenters. The SMILES string of the molecule is CCCCCCCCCCCCCCCCNN(C(=O)CCc1ccc(OP(=O)(O)O)cc1)C(N)(C(=O)O)C(C)(CCCC1CCCCC1)C(=O)CC. The number of carbonyl (C=O) groups is 3. The Labute approximate surface area is 319 Å². The quantitative estimate of drug-likeness (QED) is 0.0219. The van der Waals surface area contributed by atoms with Crippen LogP contribution in [0.5, 0.6) is 5.75 Å². The fourth-order valence-corrected chi connectivity index (χ4v) is 8.26. The van der Waals surface area contributed by atoms with Gasteiger partial charge >= 0.3 is 13.8 Å². The van der Waals surface area contributed by atoms with Crippen LogP contribution in [-0.4, -0.2) is 49.8 Å². The van der Waals surface area contributed by atoms with Crippen LogP contribution in [0.3, 0.4) is 0 Å². The predicted molar refractivity (Wildman–Crippen MR) is 211 cm³/mol. The van der Waals surface area contributed by atoms with Crippen LogP contribution in [0.4, 0.5) is 0 Å². The number of rotatable bonds is 30. The Morgan fingerprint density at radius 3 is 1.87 bits per heavy atom. The van der Waals surface area contributed by atoms with Crippen molar-refractivity contribution in [3.05, 3.63) is 29.8 Å². The number of nitrogens with zero attached hydrogens (tertiary/aromatic N) is 1. The minimum absolute atomic E-state index is 0.0150. The van der Waals surface area contributed by atoms with Crippen molar-refractivity contribution >= 4 is 25.5 Å². The first kappa shape index (κ1) is 46.9. The van der Waals surface area contributed by atoms with Crippen LogP contribution in [0, 0.1) is 11.3 Å². The average Bonchev–Trinajstić information content (AvgIpc) is 3.13. The van der Waals surface area contributed by atoms with E-state index in [-0.39, 0.29) is 37.2 Å². The number of aryl methyl sites for hydroxylation is 1. The number of carbonyl (C=O) groups excluding carboxylic acids is 2. The van der Waals surface area contributed by atoms with Gasteiger partial charge in [-0.3, -0.25) is 25.1 Å². The highest BCUT2D eigenvalue weighted by Gasteiger charge is 2.60. The summed E-state index contributed by atoms with van der Waals surface area (Å²) in [6, 6.07) is 5.98. The highest BCUT2D eigenvalue weighted by atomic mass is 31.2. The van der Waals surface area contributed by atoms with Crippen molar-refractivity contribution in [2.45, 2.75) is 187 Å². The molecule has 1 amide bonds. The molecule has 1 aliphatic carbocycles. The summed E-state index contributed by atoms with van der Waals surface area (Å²) in [5.74, 6) is -1.73. The third-order valence-corrected chi connectivity index (χ3v) is 11.7. The average molecular weight is 766 g/mol. The van der Waals surface area contributed by atoms with E-state index in [4.69, 9.17) is 15.5 Å². The van der Waals surface area contributed by atoms with Gasteiger partial charge in [0.15, 0.2) is 0 Å². The number of phosphoric acid groups is 1. The summed E-state index contributed by atoms with van der Waals surface area (Å²) in [6.07, 6.45) is 24.7. The number of carboxylic acid groups (broad SMARTS) is 1. The Balaban J connectivity index is 2.10. The van der Waals surface area contributed by atoms with E-state index in [0.717, 1.165) is 50.0 Å². The molecule has 0 heterocycles. The maximum absolute atomic E-state index is 14.1. The van der Waals surface area contributed by atoms with Crippen molar-refractivity contribution in [3.63, 3.8) is 0 Å². The number of hydrogen-bond acceptors (Lipinski definition) is 7. The summed E-state index contributed by atoms with van der Waals surface area (Å²) in [5, 5.41) is 11.9. The Kier molecular flexibility index (Phi) is 22.1. The third-order valence-electron chi connectivity index (χ3n) is 11.3. The van der Waals surface area contributed by atoms with Crippen molar-refractivity contribution in [1.29, 1.82) is 0 Å². The van der Waals surface area contributed by atoms with Crippen molar-refractivity contribution in [2.24, 2.45) is 17.1 Å². The normalized spacial score (nSPS) is 16.1. The van der Waals surface area contributed by atoms with Crippen LogP contribution in [-0.2, 0) is 25.4 Å². The van der Waals surface area contributed by atoms with Crippen molar-refractivity contribution in [1.82, 2.24) is 10.4 Å². The highest BCUT2D eigenvalue weighted by molar-refractivity contribution is 7.46. The first-order valence-corrected chi connectivity index (χ1v) is 22.3. The number of carboxylic acids is 1. The lowest BCUT2D eigenvalue weighted by Crippen LogP contribution is -2.76. The Morgan fingerprint density at radius 2 is 1.38 bits per heavy atom. The molecule has 0 spiro atoms. The second kappa shape index (κ2) is 25.0. The van der Waals surface area contributed by atoms with Gasteiger partial charge in [0.1, 0.15) is 11.5 Å². The van der Waals surface area contributed by atoms with Crippen LogP contribution in [0.15, 0.2) is 24.3 Å². The lowest BCUT2D eigenvalue weighted by atomic mass is 9.68. The van der Waals surface area contributed by atoms with E-state index < -0.39 is 30.8 Å². The number of Topliss-reactive ketones (excluding diaryl/α,β-unsaturated/α-hetero) is 1. The molecule has 2 rings (SSSR count). The van der Waals surface area contributed by atoms with Gasteiger partial charge in [-0.2, -0.15) is 0 Å². The fraction of sp³-hybridized carbons (Fsp3) is 0.780. The molecule has 0 bridgehead atoms. The molecule has 2 atom stereocenters. The number of ketones is 1. The van der Waals surface area contributed by atoms with E-state index in [9.17, 15) is 24.1 Å². The molecule has 1 fully saturated rings. The van der Waals surface area contributed by atoms with Gasteiger partial charge < -0.3 is 9.63 Å². The second-order valence-corrected chi connectivity index (χ2v) is 16.7. The summed E-state index contributed by atoms with van der Waals surface area (Å²) in [4.78, 5) is 59.3. The largest absolute Gasteiger partial charge is 0.524 e. The number of nitrogens with two attached hydrogens (primary N) is 1. The molecule has 0 aliphatic heterocycles. The molecule has 1 saturated carbocycles. The third kappa shape index (κ3) is 16.5. The first-order chi connectivity index (χ1) is 25.3. The minimum Gasteiger partial charge on any atom is -0.478 e. The zero-order valence-electron chi connectivity index (χ0n) is 33.1. The number of nitrogens with one attached hydrogen (secondary N) is 1. The van der Waals surface area contributed by atoms with E-state index in [1.807, 2.05) is 0 Å². The molecule has 1 aliphatic rings. The smallest absolute Gasteiger partial charge is 0.478 e. The number of hydrazine groups is 1. The number of aliphatic carboxylic acids is 1. The molecule has 0 radical (unpaired) electrons. The van der Waals surface area contributed by atoms with Crippen molar-refractivity contribution in [3.8, 4) is 5.75 Å². The number of benzene rings is 1. The molecular weight excluding hydrogens is 693 g/mol. The van der Waals surface area contributed by atoms with Gasteiger partial charge in [-0.15, -0.1) is 0 Å². The Bertz CT molecular complexity index is 1250. The van der Waals surface area contributed by atoms with Gasteiger partial charge in [0.05, 0.1) is 5.41 Å². The molecule has 11 nitrogen and oxygen atoms in total. The lowest BCUT2D eigenvalue weighted by Gasteiger charge is -2.48. The summed E-state index contributed by atoms with van der Waals surface area (Å²) in [6.45, 7) is 5.90. The number of unbranched alkanes of at least 4 members (excludes halogenated alkanes) is 13. The Hall–Kier alpha value is -2.30. The van der Waals surface area contributed by atoms with Crippen LogP contribution in [0.2, 0.25) is 0 Å². The summed E-state index contributed by atoms with van der Waals surface area (Å²) in [7, 11) is -4.72. The zero-order valence-corrected chi connectivity index (χ0v) is 34.0. The van der Waals surface area contributed by atoms with E-state index in [1.165, 1.54) is 95.6 Å². The maximum Gasteiger partial charge on any atom is 0.524 e. The van der Waals surface area contributed by atoms with Gasteiger partial charge in [-0.1, -0.05) is 154 Å².